The number of rotatable bonds is 7. The number of carbonyl (C=O) groups excluding carboxylic acids is 2. The first-order valence-corrected chi connectivity index (χ1v) is 9.25. The highest BCUT2D eigenvalue weighted by molar-refractivity contribution is 5.80. The maximum absolute atomic E-state index is 12.7. The van der Waals surface area contributed by atoms with Gasteiger partial charge in [-0.1, -0.05) is 26.0 Å². The van der Waals surface area contributed by atoms with E-state index < -0.39 is 5.97 Å². The van der Waals surface area contributed by atoms with Crippen molar-refractivity contribution in [2.45, 2.75) is 33.2 Å². The lowest BCUT2D eigenvalue weighted by Gasteiger charge is -2.34. The molecule has 0 unspecified atom stereocenters. The van der Waals surface area contributed by atoms with E-state index in [1.165, 1.54) is 0 Å². The van der Waals surface area contributed by atoms with Crippen molar-refractivity contribution < 1.29 is 24.2 Å². The summed E-state index contributed by atoms with van der Waals surface area (Å²) >= 11 is 0. The molecular weight excluding hydrogens is 348 g/mol. The third-order valence-corrected chi connectivity index (χ3v) is 4.73. The number of carboxylic acid groups (broad SMARTS) is 1. The average Bonchev–Trinajstić information content (AvgIpc) is 2.66. The van der Waals surface area contributed by atoms with Gasteiger partial charge in [-0.25, -0.2) is 4.79 Å². The molecule has 0 spiro atoms. The van der Waals surface area contributed by atoms with Crippen LogP contribution in [0.3, 0.4) is 0 Å². The third-order valence-electron chi connectivity index (χ3n) is 4.73. The minimum atomic E-state index is -1.02. The van der Waals surface area contributed by atoms with Crippen LogP contribution in [0.15, 0.2) is 24.3 Å². The van der Waals surface area contributed by atoms with E-state index in [0.717, 1.165) is 5.56 Å². The van der Waals surface area contributed by atoms with Gasteiger partial charge >= 0.3 is 5.97 Å². The van der Waals surface area contributed by atoms with Crippen LogP contribution in [0.1, 0.15) is 32.3 Å². The van der Waals surface area contributed by atoms with Gasteiger partial charge in [-0.3, -0.25) is 9.59 Å². The molecule has 1 fully saturated rings. The predicted molar refractivity (Wildman–Crippen MR) is 100 cm³/mol. The molecule has 0 radical (unpaired) electrons. The Kier molecular flexibility index (Phi) is 7.21. The molecule has 2 rings (SSSR count). The maximum Gasteiger partial charge on any atom is 0.341 e. The van der Waals surface area contributed by atoms with Crippen molar-refractivity contribution in [2.24, 2.45) is 11.8 Å². The number of nitrogens with zero attached hydrogens (tertiary/aromatic N) is 2. The van der Waals surface area contributed by atoms with E-state index in [4.69, 9.17) is 9.84 Å². The predicted octanol–water partition coefficient (Wildman–Crippen LogP) is 2.00. The largest absolute Gasteiger partial charge is 0.482 e. The molecule has 1 aliphatic heterocycles. The van der Waals surface area contributed by atoms with Crippen LogP contribution >= 0.6 is 0 Å². The maximum atomic E-state index is 12.7. The lowest BCUT2D eigenvalue weighted by atomic mass is 9.94. The van der Waals surface area contributed by atoms with Crippen LogP contribution in [0.25, 0.3) is 0 Å². The highest BCUT2D eigenvalue weighted by Crippen LogP contribution is 2.22. The smallest absolute Gasteiger partial charge is 0.341 e. The van der Waals surface area contributed by atoms with Gasteiger partial charge in [0.2, 0.25) is 11.8 Å². The van der Waals surface area contributed by atoms with Crippen LogP contribution in [0.5, 0.6) is 5.75 Å². The Morgan fingerprint density at radius 2 is 1.78 bits per heavy atom. The molecule has 1 aromatic carbocycles. The number of benzene rings is 1. The van der Waals surface area contributed by atoms with Gasteiger partial charge in [0.05, 0.1) is 0 Å². The van der Waals surface area contributed by atoms with Crippen LogP contribution in [0.2, 0.25) is 0 Å². The summed E-state index contributed by atoms with van der Waals surface area (Å²) in [6.45, 7) is 5.16. The van der Waals surface area contributed by atoms with Crippen LogP contribution in [-0.4, -0.2) is 59.4 Å². The lowest BCUT2D eigenvalue weighted by Crippen LogP contribution is -2.44. The summed E-state index contributed by atoms with van der Waals surface area (Å²) in [5, 5.41) is 8.62. The Morgan fingerprint density at radius 3 is 2.30 bits per heavy atom. The molecule has 27 heavy (non-hydrogen) atoms. The summed E-state index contributed by atoms with van der Waals surface area (Å²) in [7, 11) is 1.78. The number of hydrogen-bond donors (Lipinski definition) is 1. The quantitative estimate of drug-likeness (QED) is 0.786. The van der Waals surface area contributed by atoms with E-state index in [1.54, 1.807) is 24.1 Å². The highest BCUT2D eigenvalue weighted by atomic mass is 16.5. The van der Waals surface area contributed by atoms with Crippen molar-refractivity contribution in [3.8, 4) is 5.75 Å². The molecule has 2 amide bonds. The van der Waals surface area contributed by atoms with Gasteiger partial charge in [-0.05, 0) is 30.5 Å². The molecule has 0 bridgehead atoms. The SMILES string of the molecule is CC(C)C(=O)N1CCC(C(=O)N(C)Cc2ccc(OCC(=O)O)cc2)CC1. The third kappa shape index (κ3) is 5.98. The average molecular weight is 376 g/mol. The molecule has 7 heteroatoms. The number of likely N-dealkylation sites (tertiary alicyclic amines) is 1. The van der Waals surface area contributed by atoms with Gasteiger partial charge < -0.3 is 19.6 Å². The first-order chi connectivity index (χ1) is 12.8. The van der Waals surface area contributed by atoms with E-state index in [1.807, 2.05) is 30.9 Å². The Bertz CT molecular complexity index is 663. The van der Waals surface area contributed by atoms with Gasteiger partial charge in [0.25, 0.3) is 0 Å². The van der Waals surface area contributed by atoms with Crippen molar-refractivity contribution in [3.05, 3.63) is 29.8 Å². The minimum absolute atomic E-state index is 0.0117. The number of aliphatic carboxylic acids is 1. The summed E-state index contributed by atoms with van der Waals surface area (Å²) in [6.07, 6.45) is 1.40. The summed E-state index contributed by atoms with van der Waals surface area (Å²) in [6, 6.07) is 7.05. The van der Waals surface area contributed by atoms with Crippen LogP contribution in [-0.2, 0) is 20.9 Å². The van der Waals surface area contributed by atoms with Crippen LogP contribution < -0.4 is 4.74 Å². The Hall–Kier alpha value is -2.57. The van der Waals surface area contributed by atoms with E-state index in [-0.39, 0.29) is 30.3 Å². The molecule has 1 saturated heterocycles. The molecule has 1 aliphatic rings. The monoisotopic (exact) mass is 376 g/mol. The normalized spacial score (nSPS) is 14.9. The fraction of sp³-hybridized carbons (Fsp3) is 0.550. The van der Waals surface area contributed by atoms with E-state index in [0.29, 0.717) is 38.2 Å². The van der Waals surface area contributed by atoms with Crippen molar-refractivity contribution in [2.75, 3.05) is 26.7 Å². The van der Waals surface area contributed by atoms with E-state index >= 15 is 0 Å². The van der Waals surface area contributed by atoms with Crippen LogP contribution in [0.4, 0.5) is 0 Å². The second-order valence-corrected chi connectivity index (χ2v) is 7.27. The van der Waals surface area contributed by atoms with Crippen molar-refractivity contribution >= 4 is 17.8 Å². The first-order valence-electron chi connectivity index (χ1n) is 9.25. The molecule has 1 heterocycles. The fourth-order valence-electron chi connectivity index (χ4n) is 3.21. The topological polar surface area (TPSA) is 87.2 Å². The van der Waals surface area contributed by atoms with Crippen molar-refractivity contribution in [3.63, 3.8) is 0 Å². The summed E-state index contributed by atoms with van der Waals surface area (Å²) in [5.74, 6) is -0.355. The zero-order valence-corrected chi connectivity index (χ0v) is 16.2. The number of carbonyl (C=O) groups is 3. The molecule has 0 aliphatic carbocycles. The Balaban J connectivity index is 1.83. The molecule has 0 atom stereocenters. The molecular formula is C20H28N2O5. The summed E-state index contributed by atoms with van der Waals surface area (Å²) in [4.78, 5) is 38.8. The number of amides is 2. The summed E-state index contributed by atoms with van der Waals surface area (Å²) in [5.41, 5.74) is 0.945. The van der Waals surface area contributed by atoms with Gasteiger partial charge in [0.15, 0.2) is 6.61 Å². The van der Waals surface area contributed by atoms with E-state index in [9.17, 15) is 14.4 Å². The molecule has 148 valence electrons. The number of carboxylic acids is 1. The molecule has 0 aromatic heterocycles. The second-order valence-electron chi connectivity index (χ2n) is 7.27. The highest BCUT2D eigenvalue weighted by Gasteiger charge is 2.29. The summed E-state index contributed by atoms with van der Waals surface area (Å²) < 4.78 is 5.10. The zero-order valence-electron chi connectivity index (χ0n) is 16.2. The van der Waals surface area contributed by atoms with Crippen molar-refractivity contribution in [1.82, 2.24) is 9.80 Å². The number of piperidine rings is 1. The van der Waals surface area contributed by atoms with Gasteiger partial charge in [-0.2, -0.15) is 0 Å². The lowest BCUT2D eigenvalue weighted by molar-refractivity contribution is -0.141. The number of hydrogen-bond acceptors (Lipinski definition) is 4. The zero-order chi connectivity index (χ0) is 20.0. The van der Waals surface area contributed by atoms with Gasteiger partial charge in [0, 0.05) is 38.5 Å². The molecule has 1 N–H and O–H groups in total. The Morgan fingerprint density at radius 1 is 1.19 bits per heavy atom. The second kappa shape index (κ2) is 9.39. The minimum Gasteiger partial charge on any atom is -0.482 e. The van der Waals surface area contributed by atoms with Crippen molar-refractivity contribution in [1.29, 1.82) is 0 Å². The number of ether oxygens (including phenoxy) is 1. The standard InChI is InChI=1S/C20H28N2O5/c1-14(2)19(25)22-10-8-16(9-11-22)20(26)21(3)12-15-4-6-17(7-5-15)27-13-18(23)24/h4-7,14,16H,8-13H2,1-3H3,(H,23,24). The molecule has 1 aromatic rings. The first kappa shape index (κ1) is 20.7. The molecule has 0 saturated carbocycles. The Labute approximate surface area is 159 Å². The van der Waals surface area contributed by atoms with Gasteiger partial charge in [0.1, 0.15) is 5.75 Å². The van der Waals surface area contributed by atoms with E-state index in [2.05, 4.69) is 0 Å². The fourth-order valence-corrected chi connectivity index (χ4v) is 3.21. The van der Waals surface area contributed by atoms with Crippen LogP contribution in [0, 0.1) is 11.8 Å². The van der Waals surface area contributed by atoms with Gasteiger partial charge in [-0.15, -0.1) is 0 Å². The molecule has 7 nitrogen and oxygen atoms in total.